The molecule has 0 spiro atoms. The fourth-order valence-corrected chi connectivity index (χ4v) is 3.91. The molecule has 1 aromatic carbocycles. The summed E-state index contributed by atoms with van der Waals surface area (Å²) < 4.78 is 26.4. The summed E-state index contributed by atoms with van der Waals surface area (Å²) >= 11 is 5.69. The SMILES string of the molecule is CCCc1ccc(S(=O)(=O)N(CCCl)C(C)C)cc1. The lowest BCUT2D eigenvalue weighted by molar-refractivity contribution is 0.370. The maximum atomic E-state index is 12.5. The van der Waals surface area contributed by atoms with E-state index in [1.54, 1.807) is 12.1 Å². The molecule has 0 fully saturated rings. The lowest BCUT2D eigenvalue weighted by Gasteiger charge is -2.25. The van der Waals surface area contributed by atoms with E-state index in [4.69, 9.17) is 11.6 Å². The van der Waals surface area contributed by atoms with Crippen LogP contribution in [0.3, 0.4) is 0 Å². The van der Waals surface area contributed by atoms with E-state index in [9.17, 15) is 8.42 Å². The summed E-state index contributed by atoms with van der Waals surface area (Å²) in [4.78, 5) is 0.339. The lowest BCUT2D eigenvalue weighted by Crippen LogP contribution is -2.38. The number of hydrogen-bond acceptors (Lipinski definition) is 2. The molecule has 0 saturated heterocycles. The Labute approximate surface area is 121 Å². The van der Waals surface area contributed by atoms with E-state index in [2.05, 4.69) is 6.92 Å². The molecule has 0 aliphatic heterocycles. The molecule has 0 aliphatic carbocycles. The monoisotopic (exact) mass is 303 g/mol. The quantitative estimate of drug-likeness (QED) is 0.725. The molecular weight excluding hydrogens is 282 g/mol. The second kappa shape index (κ2) is 7.27. The number of alkyl halides is 1. The highest BCUT2D eigenvalue weighted by Gasteiger charge is 2.26. The summed E-state index contributed by atoms with van der Waals surface area (Å²) in [5.74, 6) is 0.297. The summed E-state index contributed by atoms with van der Waals surface area (Å²) in [7, 11) is -3.45. The first-order valence-electron chi connectivity index (χ1n) is 6.60. The second-order valence-electron chi connectivity index (χ2n) is 4.79. The van der Waals surface area contributed by atoms with E-state index in [-0.39, 0.29) is 6.04 Å². The zero-order valence-electron chi connectivity index (χ0n) is 11.8. The van der Waals surface area contributed by atoms with E-state index in [0.717, 1.165) is 18.4 Å². The zero-order valence-corrected chi connectivity index (χ0v) is 13.3. The average molecular weight is 304 g/mol. The van der Waals surface area contributed by atoms with Crippen molar-refractivity contribution in [2.75, 3.05) is 12.4 Å². The molecule has 3 nitrogen and oxygen atoms in total. The van der Waals surface area contributed by atoms with E-state index in [0.29, 0.717) is 17.3 Å². The Morgan fingerprint density at radius 1 is 1.21 bits per heavy atom. The van der Waals surface area contributed by atoms with E-state index in [1.165, 1.54) is 4.31 Å². The largest absolute Gasteiger partial charge is 0.243 e. The fourth-order valence-electron chi connectivity index (χ4n) is 1.99. The maximum Gasteiger partial charge on any atom is 0.243 e. The van der Waals surface area contributed by atoms with Gasteiger partial charge in [-0.1, -0.05) is 25.5 Å². The van der Waals surface area contributed by atoms with Gasteiger partial charge < -0.3 is 0 Å². The number of halogens is 1. The Morgan fingerprint density at radius 2 is 1.79 bits per heavy atom. The Kier molecular flexibility index (Phi) is 6.30. The fraction of sp³-hybridized carbons (Fsp3) is 0.571. The Balaban J connectivity index is 3.04. The first-order valence-corrected chi connectivity index (χ1v) is 8.57. The smallest absolute Gasteiger partial charge is 0.207 e. The summed E-state index contributed by atoms with van der Waals surface area (Å²) in [6, 6.07) is 7.04. The highest BCUT2D eigenvalue weighted by molar-refractivity contribution is 7.89. The molecule has 19 heavy (non-hydrogen) atoms. The first kappa shape index (κ1) is 16.5. The minimum atomic E-state index is -3.45. The summed E-state index contributed by atoms with van der Waals surface area (Å²) in [6.45, 7) is 6.15. The van der Waals surface area contributed by atoms with E-state index < -0.39 is 10.0 Å². The molecule has 108 valence electrons. The van der Waals surface area contributed by atoms with Crippen LogP contribution in [0.2, 0.25) is 0 Å². The Bertz CT molecular complexity index is 483. The van der Waals surface area contributed by atoms with Crippen molar-refractivity contribution in [3.63, 3.8) is 0 Å². The lowest BCUT2D eigenvalue weighted by atomic mass is 10.1. The van der Waals surface area contributed by atoms with Gasteiger partial charge in [-0.3, -0.25) is 0 Å². The average Bonchev–Trinajstić information content (AvgIpc) is 2.36. The molecule has 0 atom stereocenters. The molecule has 0 heterocycles. The highest BCUT2D eigenvalue weighted by atomic mass is 35.5. The molecule has 0 bridgehead atoms. The molecule has 0 unspecified atom stereocenters. The van der Waals surface area contributed by atoms with Gasteiger partial charge in [0, 0.05) is 18.5 Å². The van der Waals surface area contributed by atoms with Crippen LogP contribution in [-0.4, -0.2) is 31.2 Å². The molecule has 0 saturated carbocycles. The van der Waals surface area contributed by atoms with Crippen molar-refractivity contribution in [3.8, 4) is 0 Å². The van der Waals surface area contributed by atoms with Gasteiger partial charge in [-0.05, 0) is 38.0 Å². The second-order valence-corrected chi connectivity index (χ2v) is 7.06. The summed E-state index contributed by atoms with van der Waals surface area (Å²) in [6.07, 6.45) is 2.02. The molecule has 0 amide bonds. The van der Waals surface area contributed by atoms with Crippen molar-refractivity contribution >= 4 is 21.6 Å². The van der Waals surface area contributed by atoms with Crippen molar-refractivity contribution in [1.82, 2.24) is 4.31 Å². The van der Waals surface area contributed by atoms with Gasteiger partial charge in [0.05, 0.1) is 4.90 Å². The van der Waals surface area contributed by atoms with Crippen molar-refractivity contribution in [2.24, 2.45) is 0 Å². The molecule has 0 N–H and O–H groups in total. The van der Waals surface area contributed by atoms with Gasteiger partial charge in [-0.2, -0.15) is 4.31 Å². The third-order valence-electron chi connectivity index (χ3n) is 2.95. The van der Waals surface area contributed by atoms with Crippen molar-refractivity contribution in [1.29, 1.82) is 0 Å². The van der Waals surface area contributed by atoms with Crippen LogP contribution in [0, 0.1) is 0 Å². The summed E-state index contributed by atoms with van der Waals surface area (Å²) in [5.41, 5.74) is 1.16. The predicted octanol–water partition coefficient (Wildman–Crippen LogP) is 3.28. The van der Waals surface area contributed by atoms with Crippen LogP contribution >= 0.6 is 11.6 Å². The highest BCUT2D eigenvalue weighted by Crippen LogP contribution is 2.19. The van der Waals surface area contributed by atoms with Crippen LogP contribution < -0.4 is 0 Å². The molecule has 5 heteroatoms. The molecule has 0 aromatic heterocycles. The van der Waals surface area contributed by atoms with Crippen molar-refractivity contribution in [3.05, 3.63) is 29.8 Å². The number of rotatable bonds is 7. The number of aryl methyl sites for hydroxylation is 1. The first-order chi connectivity index (χ1) is 8.93. The molecule has 0 radical (unpaired) electrons. The number of nitrogens with zero attached hydrogens (tertiary/aromatic N) is 1. The van der Waals surface area contributed by atoms with Gasteiger partial charge in [0.25, 0.3) is 0 Å². The number of hydrogen-bond donors (Lipinski definition) is 0. The van der Waals surface area contributed by atoms with E-state index >= 15 is 0 Å². The standard InChI is InChI=1S/C14H22ClNO2S/c1-4-5-13-6-8-14(9-7-13)19(17,18)16(11-10-15)12(2)3/h6-9,12H,4-5,10-11H2,1-3H3. The van der Waals surface area contributed by atoms with Crippen LogP contribution in [0.25, 0.3) is 0 Å². The third kappa shape index (κ3) is 4.20. The zero-order chi connectivity index (χ0) is 14.5. The van der Waals surface area contributed by atoms with Crippen LogP contribution in [0.1, 0.15) is 32.8 Å². The Morgan fingerprint density at radius 3 is 2.21 bits per heavy atom. The molecule has 0 aliphatic rings. The van der Waals surface area contributed by atoms with Gasteiger partial charge in [0.1, 0.15) is 0 Å². The number of benzene rings is 1. The topological polar surface area (TPSA) is 37.4 Å². The minimum Gasteiger partial charge on any atom is -0.207 e. The van der Waals surface area contributed by atoms with Crippen LogP contribution in [0.15, 0.2) is 29.2 Å². The maximum absolute atomic E-state index is 12.5. The van der Waals surface area contributed by atoms with Crippen LogP contribution in [-0.2, 0) is 16.4 Å². The van der Waals surface area contributed by atoms with Crippen LogP contribution in [0.5, 0.6) is 0 Å². The van der Waals surface area contributed by atoms with Crippen molar-refractivity contribution < 1.29 is 8.42 Å². The minimum absolute atomic E-state index is 0.0981. The third-order valence-corrected chi connectivity index (χ3v) is 5.21. The van der Waals surface area contributed by atoms with Gasteiger partial charge in [0.15, 0.2) is 0 Å². The van der Waals surface area contributed by atoms with E-state index in [1.807, 2.05) is 26.0 Å². The molecular formula is C14H22ClNO2S. The van der Waals surface area contributed by atoms with Gasteiger partial charge in [-0.15, -0.1) is 11.6 Å². The van der Waals surface area contributed by atoms with Gasteiger partial charge in [-0.25, -0.2) is 8.42 Å². The summed E-state index contributed by atoms with van der Waals surface area (Å²) in [5, 5.41) is 0. The Hall–Kier alpha value is -0.580. The predicted molar refractivity (Wildman–Crippen MR) is 80.2 cm³/mol. The normalized spacial score (nSPS) is 12.3. The number of sulfonamides is 1. The van der Waals surface area contributed by atoms with Crippen LogP contribution in [0.4, 0.5) is 0 Å². The van der Waals surface area contributed by atoms with Gasteiger partial charge >= 0.3 is 0 Å². The molecule has 1 rings (SSSR count). The molecule has 1 aromatic rings. The van der Waals surface area contributed by atoms with Gasteiger partial charge in [0.2, 0.25) is 10.0 Å². The van der Waals surface area contributed by atoms with Crippen molar-refractivity contribution in [2.45, 2.75) is 44.6 Å².